The van der Waals surface area contributed by atoms with Gasteiger partial charge in [0.1, 0.15) is 0 Å². The highest BCUT2D eigenvalue weighted by atomic mass is 16.5. The van der Waals surface area contributed by atoms with E-state index in [0.29, 0.717) is 18.0 Å². The van der Waals surface area contributed by atoms with Crippen LogP contribution in [0, 0.1) is 0 Å². The van der Waals surface area contributed by atoms with E-state index in [1.165, 1.54) is 0 Å². The zero-order chi connectivity index (χ0) is 14.7. The molecule has 0 fully saturated rings. The molecule has 21 heavy (non-hydrogen) atoms. The fourth-order valence-electron chi connectivity index (χ4n) is 2.37. The van der Waals surface area contributed by atoms with Crippen molar-refractivity contribution in [3.8, 4) is 11.4 Å². The molecule has 0 aliphatic carbocycles. The number of hydrogen-bond donors (Lipinski definition) is 1. The van der Waals surface area contributed by atoms with E-state index in [2.05, 4.69) is 15.3 Å². The molecule has 0 saturated heterocycles. The van der Waals surface area contributed by atoms with Crippen LogP contribution < -0.4 is 5.32 Å². The summed E-state index contributed by atoms with van der Waals surface area (Å²) in [5.74, 6) is 0.336. The summed E-state index contributed by atoms with van der Waals surface area (Å²) in [5.41, 5.74) is 3.59. The van der Waals surface area contributed by atoms with E-state index in [0.717, 1.165) is 36.3 Å². The number of esters is 1. The summed E-state index contributed by atoms with van der Waals surface area (Å²) in [6, 6.07) is 7.25. The first kappa shape index (κ1) is 13.7. The average molecular weight is 283 g/mol. The van der Waals surface area contributed by atoms with Crippen molar-refractivity contribution in [3.05, 3.63) is 47.3 Å². The molecule has 1 aromatic carbocycles. The van der Waals surface area contributed by atoms with Crippen LogP contribution in [0.3, 0.4) is 0 Å². The van der Waals surface area contributed by atoms with Crippen LogP contribution in [-0.2, 0) is 17.7 Å². The summed E-state index contributed by atoms with van der Waals surface area (Å²) in [6.07, 6.45) is 2.77. The topological polar surface area (TPSA) is 64.1 Å². The second kappa shape index (κ2) is 6.01. The van der Waals surface area contributed by atoms with Gasteiger partial charge in [-0.05, 0) is 19.1 Å². The standard InChI is InChI=1S/C16H17N3O2/c1-2-21-16(20)12-5-3-4-11(8-12)15-18-10-13-9-17-7-6-14(13)19-15/h3-5,8,10,17H,2,6-7,9H2,1H3. The molecule has 3 rings (SSSR count). The minimum Gasteiger partial charge on any atom is -0.462 e. The lowest BCUT2D eigenvalue weighted by atomic mass is 10.1. The van der Waals surface area contributed by atoms with Gasteiger partial charge in [-0.1, -0.05) is 12.1 Å². The molecule has 0 saturated carbocycles. The van der Waals surface area contributed by atoms with Crippen molar-refractivity contribution < 1.29 is 9.53 Å². The van der Waals surface area contributed by atoms with Gasteiger partial charge in [-0.15, -0.1) is 0 Å². The number of ether oxygens (including phenoxy) is 1. The van der Waals surface area contributed by atoms with Gasteiger partial charge in [0.05, 0.1) is 17.9 Å². The van der Waals surface area contributed by atoms with E-state index in [1.807, 2.05) is 18.3 Å². The van der Waals surface area contributed by atoms with Crippen molar-refractivity contribution in [3.63, 3.8) is 0 Å². The van der Waals surface area contributed by atoms with E-state index >= 15 is 0 Å². The predicted molar refractivity (Wildman–Crippen MR) is 78.8 cm³/mol. The van der Waals surface area contributed by atoms with E-state index in [4.69, 9.17) is 4.74 Å². The van der Waals surface area contributed by atoms with Gasteiger partial charge in [-0.2, -0.15) is 0 Å². The molecule has 1 aliphatic heterocycles. The lowest BCUT2D eigenvalue weighted by molar-refractivity contribution is 0.0526. The van der Waals surface area contributed by atoms with Gasteiger partial charge in [-0.3, -0.25) is 0 Å². The maximum Gasteiger partial charge on any atom is 0.338 e. The van der Waals surface area contributed by atoms with Crippen LogP contribution in [0.25, 0.3) is 11.4 Å². The molecule has 0 bridgehead atoms. The Labute approximate surface area is 123 Å². The van der Waals surface area contributed by atoms with Crippen molar-refractivity contribution in [1.82, 2.24) is 15.3 Å². The SMILES string of the molecule is CCOC(=O)c1cccc(-c2ncc3c(n2)CCNC3)c1. The van der Waals surface area contributed by atoms with E-state index in [9.17, 15) is 4.79 Å². The van der Waals surface area contributed by atoms with Crippen molar-refractivity contribution in [2.75, 3.05) is 13.2 Å². The number of aromatic nitrogens is 2. The van der Waals surface area contributed by atoms with Crippen LogP contribution in [-0.4, -0.2) is 29.1 Å². The summed E-state index contributed by atoms with van der Waals surface area (Å²) < 4.78 is 5.02. The summed E-state index contributed by atoms with van der Waals surface area (Å²) in [6.45, 7) is 3.92. The Morgan fingerprint density at radius 3 is 3.19 bits per heavy atom. The molecule has 2 heterocycles. The molecule has 0 atom stereocenters. The molecule has 108 valence electrons. The minimum atomic E-state index is -0.318. The Morgan fingerprint density at radius 1 is 1.43 bits per heavy atom. The number of benzene rings is 1. The average Bonchev–Trinajstić information content (AvgIpc) is 2.55. The zero-order valence-corrected chi connectivity index (χ0v) is 11.9. The van der Waals surface area contributed by atoms with Gasteiger partial charge >= 0.3 is 5.97 Å². The second-order valence-electron chi connectivity index (χ2n) is 4.89. The number of nitrogens with zero attached hydrogens (tertiary/aromatic N) is 2. The number of rotatable bonds is 3. The van der Waals surface area contributed by atoms with E-state index in [-0.39, 0.29) is 5.97 Å². The number of carbonyl (C=O) groups is 1. The third kappa shape index (κ3) is 2.92. The number of carbonyl (C=O) groups excluding carboxylic acids is 1. The Morgan fingerprint density at radius 2 is 2.33 bits per heavy atom. The Balaban J connectivity index is 1.93. The Bertz CT molecular complexity index is 670. The zero-order valence-electron chi connectivity index (χ0n) is 11.9. The van der Waals surface area contributed by atoms with Crippen molar-refractivity contribution in [2.24, 2.45) is 0 Å². The minimum absolute atomic E-state index is 0.318. The molecule has 1 aromatic heterocycles. The molecule has 5 nitrogen and oxygen atoms in total. The summed E-state index contributed by atoms with van der Waals surface area (Å²) in [4.78, 5) is 20.8. The van der Waals surface area contributed by atoms with Gasteiger partial charge < -0.3 is 10.1 Å². The Hall–Kier alpha value is -2.27. The lowest BCUT2D eigenvalue weighted by Crippen LogP contribution is -2.24. The van der Waals surface area contributed by atoms with Gasteiger partial charge in [0, 0.05) is 36.8 Å². The third-order valence-corrected chi connectivity index (χ3v) is 3.44. The quantitative estimate of drug-likeness (QED) is 0.872. The Kier molecular flexibility index (Phi) is 3.92. The first-order valence-corrected chi connectivity index (χ1v) is 7.11. The van der Waals surface area contributed by atoms with Crippen LogP contribution in [0.5, 0.6) is 0 Å². The fraction of sp³-hybridized carbons (Fsp3) is 0.312. The van der Waals surface area contributed by atoms with Gasteiger partial charge in [0.25, 0.3) is 0 Å². The molecule has 5 heteroatoms. The number of nitrogens with one attached hydrogen (secondary N) is 1. The molecular weight excluding hydrogens is 266 g/mol. The van der Waals surface area contributed by atoms with Crippen molar-refractivity contribution >= 4 is 5.97 Å². The van der Waals surface area contributed by atoms with E-state index in [1.54, 1.807) is 19.1 Å². The van der Waals surface area contributed by atoms with Crippen LogP contribution in [0.1, 0.15) is 28.5 Å². The molecular formula is C16H17N3O2. The van der Waals surface area contributed by atoms with Crippen LogP contribution in [0.2, 0.25) is 0 Å². The smallest absolute Gasteiger partial charge is 0.338 e. The second-order valence-corrected chi connectivity index (χ2v) is 4.89. The molecule has 0 amide bonds. The van der Waals surface area contributed by atoms with Crippen molar-refractivity contribution in [2.45, 2.75) is 19.9 Å². The maximum atomic E-state index is 11.8. The summed E-state index contributed by atoms with van der Waals surface area (Å²) in [5, 5.41) is 3.30. The highest BCUT2D eigenvalue weighted by Crippen LogP contribution is 2.19. The highest BCUT2D eigenvalue weighted by Gasteiger charge is 2.13. The summed E-state index contributed by atoms with van der Waals surface area (Å²) >= 11 is 0. The molecule has 0 radical (unpaired) electrons. The van der Waals surface area contributed by atoms with Crippen LogP contribution in [0.4, 0.5) is 0 Å². The summed E-state index contributed by atoms with van der Waals surface area (Å²) in [7, 11) is 0. The largest absolute Gasteiger partial charge is 0.462 e. The highest BCUT2D eigenvalue weighted by molar-refractivity contribution is 5.90. The third-order valence-electron chi connectivity index (χ3n) is 3.44. The molecule has 0 unspecified atom stereocenters. The monoisotopic (exact) mass is 283 g/mol. The molecule has 0 spiro atoms. The van der Waals surface area contributed by atoms with Gasteiger partial charge in [-0.25, -0.2) is 14.8 Å². The van der Waals surface area contributed by atoms with Gasteiger partial charge in [0.2, 0.25) is 0 Å². The lowest BCUT2D eigenvalue weighted by Gasteiger charge is -2.16. The number of fused-ring (bicyclic) bond motifs is 1. The maximum absolute atomic E-state index is 11.8. The predicted octanol–water partition coefficient (Wildman–Crippen LogP) is 1.97. The molecule has 1 N–H and O–H groups in total. The number of hydrogen-bond acceptors (Lipinski definition) is 5. The van der Waals surface area contributed by atoms with Gasteiger partial charge in [0.15, 0.2) is 5.82 Å². The molecule has 2 aromatic rings. The van der Waals surface area contributed by atoms with E-state index < -0.39 is 0 Å². The first-order valence-electron chi connectivity index (χ1n) is 7.11. The van der Waals surface area contributed by atoms with Crippen LogP contribution in [0.15, 0.2) is 30.5 Å². The normalized spacial score (nSPS) is 13.6. The van der Waals surface area contributed by atoms with Crippen molar-refractivity contribution in [1.29, 1.82) is 0 Å². The fourth-order valence-corrected chi connectivity index (χ4v) is 2.37. The van der Waals surface area contributed by atoms with Crippen LogP contribution >= 0.6 is 0 Å². The first-order chi connectivity index (χ1) is 10.3. The molecule has 1 aliphatic rings.